The Kier molecular flexibility index (Phi) is 2.44. The molecule has 0 bridgehead atoms. The molecule has 0 amide bonds. The van der Waals surface area contributed by atoms with Gasteiger partial charge in [-0.05, 0) is 31.4 Å². The van der Waals surface area contributed by atoms with Crippen LogP contribution in [0.4, 0.5) is 11.5 Å². The number of likely N-dealkylation sites (tertiary alicyclic amines) is 1. The summed E-state index contributed by atoms with van der Waals surface area (Å²) < 4.78 is 0. The number of nitrogens with zero attached hydrogens (tertiary/aromatic N) is 2. The molecule has 0 spiro atoms. The second-order valence-corrected chi connectivity index (χ2v) is 4.83. The highest BCUT2D eigenvalue weighted by Gasteiger charge is 2.34. The number of pyridine rings is 1. The zero-order valence-electron chi connectivity index (χ0n) is 9.39. The van der Waals surface area contributed by atoms with E-state index in [1.807, 2.05) is 18.3 Å². The maximum Gasteiger partial charge on any atom is 0.123 e. The summed E-state index contributed by atoms with van der Waals surface area (Å²) in [4.78, 5) is 6.69. The van der Waals surface area contributed by atoms with Gasteiger partial charge in [0.15, 0.2) is 0 Å². The molecule has 2 fully saturated rings. The minimum atomic E-state index is 0.575. The molecule has 1 atom stereocenters. The van der Waals surface area contributed by atoms with Crippen molar-refractivity contribution in [3.8, 4) is 0 Å². The number of rotatable bonds is 3. The third-order valence-electron chi connectivity index (χ3n) is 3.44. The van der Waals surface area contributed by atoms with E-state index >= 15 is 0 Å². The quantitative estimate of drug-likeness (QED) is 0.803. The van der Waals surface area contributed by atoms with E-state index in [1.54, 1.807) is 0 Å². The van der Waals surface area contributed by atoms with E-state index in [0.717, 1.165) is 11.7 Å². The van der Waals surface area contributed by atoms with Crippen molar-refractivity contribution in [2.24, 2.45) is 0 Å². The Labute approximate surface area is 95.8 Å². The lowest BCUT2D eigenvalue weighted by molar-refractivity contribution is 0.326. The third kappa shape index (κ3) is 2.11. The average Bonchev–Trinajstić information content (AvgIpc) is 3.04. The second-order valence-electron chi connectivity index (χ2n) is 4.83. The van der Waals surface area contributed by atoms with Crippen LogP contribution in [0.3, 0.4) is 0 Å². The van der Waals surface area contributed by atoms with Crippen LogP contribution in [0.25, 0.3) is 0 Å². The van der Waals surface area contributed by atoms with Gasteiger partial charge in [0.2, 0.25) is 0 Å². The SMILES string of the molecule is Nc1ccc(NC2CCN(C3CC3)C2)cn1. The van der Waals surface area contributed by atoms with Crippen molar-refractivity contribution in [3.63, 3.8) is 0 Å². The van der Waals surface area contributed by atoms with Gasteiger partial charge in [-0.15, -0.1) is 0 Å². The first kappa shape index (κ1) is 9.90. The molecular weight excluding hydrogens is 200 g/mol. The first-order valence-electron chi connectivity index (χ1n) is 6.03. The largest absolute Gasteiger partial charge is 0.384 e. The summed E-state index contributed by atoms with van der Waals surface area (Å²) in [7, 11) is 0. The number of hydrogen-bond donors (Lipinski definition) is 2. The molecule has 86 valence electrons. The second kappa shape index (κ2) is 3.94. The summed E-state index contributed by atoms with van der Waals surface area (Å²) in [6, 6.07) is 5.31. The lowest BCUT2D eigenvalue weighted by atomic mass is 10.2. The molecule has 1 aromatic heterocycles. The van der Waals surface area contributed by atoms with Crippen LogP contribution in [0.15, 0.2) is 18.3 Å². The first-order valence-corrected chi connectivity index (χ1v) is 6.03. The fraction of sp³-hybridized carbons (Fsp3) is 0.583. The monoisotopic (exact) mass is 218 g/mol. The van der Waals surface area contributed by atoms with E-state index in [0.29, 0.717) is 11.9 Å². The molecule has 0 aromatic carbocycles. The molecule has 1 aliphatic heterocycles. The molecule has 1 aliphatic carbocycles. The smallest absolute Gasteiger partial charge is 0.123 e. The average molecular weight is 218 g/mol. The maximum absolute atomic E-state index is 5.56. The van der Waals surface area contributed by atoms with E-state index in [-0.39, 0.29) is 0 Å². The number of anilines is 2. The van der Waals surface area contributed by atoms with Crippen molar-refractivity contribution in [2.45, 2.75) is 31.3 Å². The number of hydrogen-bond acceptors (Lipinski definition) is 4. The number of aromatic nitrogens is 1. The Balaban J connectivity index is 1.57. The normalized spacial score (nSPS) is 25.9. The molecule has 2 heterocycles. The summed E-state index contributed by atoms with van der Waals surface area (Å²) in [5.41, 5.74) is 6.64. The minimum absolute atomic E-state index is 0.575. The molecule has 3 N–H and O–H groups in total. The van der Waals surface area contributed by atoms with Crippen LogP contribution in [0.5, 0.6) is 0 Å². The van der Waals surface area contributed by atoms with Crippen molar-refractivity contribution in [1.82, 2.24) is 9.88 Å². The molecular formula is C12H18N4. The van der Waals surface area contributed by atoms with Gasteiger partial charge in [0.25, 0.3) is 0 Å². The topological polar surface area (TPSA) is 54.2 Å². The summed E-state index contributed by atoms with van der Waals surface area (Å²) in [5.74, 6) is 0.580. The fourth-order valence-corrected chi connectivity index (χ4v) is 2.40. The van der Waals surface area contributed by atoms with Gasteiger partial charge < -0.3 is 11.1 Å². The van der Waals surface area contributed by atoms with Gasteiger partial charge in [0.05, 0.1) is 11.9 Å². The van der Waals surface area contributed by atoms with Gasteiger partial charge in [0.1, 0.15) is 5.82 Å². The summed E-state index contributed by atoms with van der Waals surface area (Å²) in [5, 5.41) is 3.52. The highest BCUT2D eigenvalue weighted by molar-refractivity contribution is 5.46. The lowest BCUT2D eigenvalue weighted by Crippen LogP contribution is -2.27. The summed E-state index contributed by atoms with van der Waals surface area (Å²) >= 11 is 0. The fourth-order valence-electron chi connectivity index (χ4n) is 2.40. The van der Waals surface area contributed by atoms with Gasteiger partial charge >= 0.3 is 0 Å². The Morgan fingerprint density at radius 1 is 1.31 bits per heavy atom. The zero-order valence-corrected chi connectivity index (χ0v) is 9.39. The van der Waals surface area contributed by atoms with Crippen molar-refractivity contribution in [3.05, 3.63) is 18.3 Å². The first-order chi connectivity index (χ1) is 7.81. The number of nitrogens with two attached hydrogens (primary N) is 1. The Morgan fingerprint density at radius 3 is 2.88 bits per heavy atom. The molecule has 4 nitrogen and oxygen atoms in total. The van der Waals surface area contributed by atoms with Gasteiger partial charge in [-0.1, -0.05) is 0 Å². The Bertz CT molecular complexity index is 358. The maximum atomic E-state index is 5.56. The third-order valence-corrected chi connectivity index (χ3v) is 3.44. The van der Waals surface area contributed by atoms with Crippen LogP contribution in [-0.4, -0.2) is 35.1 Å². The van der Waals surface area contributed by atoms with Crippen LogP contribution in [0.1, 0.15) is 19.3 Å². The molecule has 1 unspecified atom stereocenters. The Hall–Kier alpha value is -1.29. The molecule has 0 radical (unpaired) electrons. The van der Waals surface area contributed by atoms with E-state index in [2.05, 4.69) is 15.2 Å². The van der Waals surface area contributed by atoms with Gasteiger partial charge in [-0.25, -0.2) is 4.98 Å². The minimum Gasteiger partial charge on any atom is -0.384 e. The molecule has 1 saturated carbocycles. The molecule has 2 aliphatic rings. The van der Waals surface area contributed by atoms with E-state index in [4.69, 9.17) is 5.73 Å². The van der Waals surface area contributed by atoms with Gasteiger partial charge in [0, 0.05) is 25.2 Å². The summed E-state index contributed by atoms with van der Waals surface area (Å²) in [6.07, 6.45) is 5.85. The number of nitrogen functional groups attached to an aromatic ring is 1. The van der Waals surface area contributed by atoms with Crippen LogP contribution < -0.4 is 11.1 Å². The molecule has 1 saturated heterocycles. The van der Waals surface area contributed by atoms with Crippen molar-refractivity contribution >= 4 is 11.5 Å². The number of nitrogens with one attached hydrogen (secondary N) is 1. The van der Waals surface area contributed by atoms with Crippen molar-refractivity contribution in [1.29, 1.82) is 0 Å². The van der Waals surface area contributed by atoms with E-state index in [9.17, 15) is 0 Å². The van der Waals surface area contributed by atoms with Crippen LogP contribution in [0, 0.1) is 0 Å². The van der Waals surface area contributed by atoms with Gasteiger partial charge in [-0.2, -0.15) is 0 Å². The lowest BCUT2D eigenvalue weighted by Gasteiger charge is -2.16. The van der Waals surface area contributed by atoms with Gasteiger partial charge in [-0.3, -0.25) is 4.90 Å². The molecule has 4 heteroatoms. The van der Waals surface area contributed by atoms with Crippen LogP contribution in [0.2, 0.25) is 0 Å². The standard InChI is InChI=1S/C12H18N4/c13-12-4-1-9(7-14-12)15-10-5-6-16(8-10)11-2-3-11/h1,4,7,10-11,15H,2-3,5-6,8H2,(H2,13,14). The molecule has 3 rings (SSSR count). The summed E-state index contributed by atoms with van der Waals surface area (Å²) in [6.45, 7) is 2.42. The molecule has 1 aromatic rings. The highest BCUT2D eigenvalue weighted by Crippen LogP contribution is 2.30. The van der Waals surface area contributed by atoms with Crippen molar-refractivity contribution in [2.75, 3.05) is 24.1 Å². The highest BCUT2D eigenvalue weighted by atomic mass is 15.2. The molecule has 16 heavy (non-hydrogen) atoms. The zero-order chi connectivity index (χ0) is 11.0. The predicted octanol–water partition coefficient (Wildman–Crippen LogP) is 1.31. The predicted molar refractivity (Wildman–Crippen MR) is 65.3 cm³/mol. The van der Waals surface area contributed by atoms with Crippen molar-refractivity contribution < 1.29 is 0 Å². The Morgan fingerprint density at radius 2 is 2.19 bits per heavy atom. The van der Waals surface area contributed by atoms with Crippen LogP contribution in [-0.2, 0) is 0 Å². The van der Waals surface area contributed by atoms with E-state index in [1.165, 1.54) is 32.4 Å². The van der Waals surface area contributed by atoms with E-state index < -0.39 is 0 Å². The van der Waals surface area contributed by atoms with Crippen LogP contribution >= 0.6 is 0 Å².